The molecule has 20 nitrogen and oxygen atoms in total. The monoisotopic (exact) mass is 1610 g/mol. The van der Waals surface area contributed by atoms with Crippen LogP contribution >= 0.6 is 67.8 Å². The van der Waals surface area contributed by atoms with Crippen molar-refractivity contribution in [3.05, 3.63) is 63.9 Å². The summed E-state index contributed by atoms with van der Waals surface area (Å²) >= 11 is 5.97. The zero-order valence-electron chi connectivity index (χ0n) is 54.9. The second-order valence-corrected chi connectivity index (χ2v) is 28.8. The van der Waals surface area contributed by atoms with Crippen molar-refractivity contribution >= 4 is 132 Å². The molecule has 4 aliphatic rings. The van der Waals surface area contributed by atoms with Gasteiger partial charge in [0.25, 0.3) is 11.7 Å². The molecule has 1 saturated carbocycles. The molecule has 506 valence electrons. The smallest absolute Gasteiger partial charge is 0.340 e. The average Bonchev–Trinajstić information content (AvgIpc) is 0.848. The van der Waals surface area contributed by atoms with Crippen molar-refractivity contribution in [2.24, 2.45) is 41.4 Å². The van der Waals surface area contributed by atoms with Crippen LogP contribution in [0.1, 0.15) is 182 Å². The van der Waals surface area contributed by atoms with Gasteiger partial charge in [-0.2, -0.15) is 0 Å². The number of Topliss-reactive ketones (excluding diaryl/α,β-unsaturated/α-hetero) is 3. The predicted octanol–water partition coefficient (Wildman–Crippen LogP) is 11.5. The summed E-state index contributed by atoms with van der Waals surface area (Å²) in [5.41, 5.74) is 2.30. The van der Waals surface area contributed by atoms with E-state index in [1.807, 2.05) is 126 Å². The number of carbonyl (C=O) groups excluding carboxylic acids is 9. The first-order valence-corrected chi connectivity index (χ1v) is 35.3. The molecule has 5 rings (SSSR count). The summed E-state index contributed by atoms with van der Waals surface area (Å²) in [6, 6.07) is -1.20. The zero-order valence-corrected chi connectivity index (χ0v) is 61.3. The van der Waals surface area contributed by atoms with Gasteiger partial charge in [-0.15, -0.1) is 0 Å². The Labute approximate surface area is 578 Å². The van der Waals surface area contributed by atoms with E-state index in [0.717, 1.165) is 5.57 Å². The van der Waals surface area contributed by atoms with Crippen LogP contribution in [0.3, 0.4) is 0 Å². The Morgan fingerprint density at radius 1 is 0.791 bits per heavy atom. The first-order valence-electron chi connectivity index (χ1n) is 32.0. The highest BCUT2D eigenvalue weighted by atomic mass is 127. The van der Waals surface area contributed by atoms with Gasteiger partial charge in [0.1, 0.15) is 29.8 Å². The van der Waals surface area contributed by atoms with Crippen LogP contribution in [0.2, 0.25) is 0 Å². The number of piperidine rings is 1. The lowest BCUT2D eigenvalue weighted by atomic mass is 9.78. The fourth-order valence-electron chi connectivity index (χ4n) is 12.7. The molecule has 1 aromatic carbocycles. The van der Waals surface area contributed by atoms with E-state index in [2.05, 4.69) is 10.6 Å². The topological polar surface area (TPSA) is 277 Å². The molecule has 0 aromatic heterocycles. The number of nitrogens with one attached hydrogen (secondary N) is 2. The quantitative estimate of drug-likeness (QED) is 0.0317. The highest BCUT2D eigenvalue weighted by Gasteiger charge is 2.53. The van der Waals surface area contributed by atoms with Gasteiger partial charge in [-0.1, -0.05) is 78.0 Å². The number of carbonyl (C=O) groups is 9. The fraction of sp³-hybridized carbons (Fsp3) is 0.662. The van der Waals surface area contributed by atoms with Gasteiger partial charge in [-0.25, -0.2) is 9.59 Å². The Balaban J connectivity index is 1.29. The number of amides is 3. The molecule has 23 heteroatoms. The van der Waals surface area contributed by atoms with Crippen LogP contribution in [0.4, 0.5) is 11.4 Å². The number of cyclic esters (lactones) is 1. The number of aliphatic hydroxyl groups is 2. The fourth-order valence-corrected chi connectivity index (χ4v) is 16.9. The third-order valence-electron chi connectivity index (χ3n) is 18.2. The van der Waals surface area contributed by atoms with E-state index < -0.39 is 102 Å². The largest absolute Gasteiger partial charge is 0.462 e. The molecule has 15 atom stereocenters. The van der Waals surface area contributed by atoms with Crippen LogP contribution in [0, 0.1) is 52.1 Å². The standard InChI is InChI=1S/C68H96I3N3O17/c1-37-21-15-13-16-22-38(2)52(86-11)35-48-27-25-43(7)68(85,91-48)64(81)65(82)74-29-19-18-23-49(74)66(83)90-53(36-50(77)39(3)32-42(6)63(80)44(8)62(79)41(5)31-37)40(4)33-47-26-28-51(54(34-47)87-12)89-55(78)24-17-14-20-30-88-67(84)56-57(69)60(72-45(9)75)59(71)61(58(56)70)73-46(10)76/h13,15-16,21-22,32,37,39-41,43-44,47-49,51-54,63,80,85H,14,17-20,23-31,33-36H2,1-12H3,(H,72,75)(H,73,76)/b16-13?,21-15+,38-22?,42-32+/t37-,39-,40+,41-,43-,44+,47+,48+,49+,51-,52+,53+,54-,63-,68-/m1/s1. The number of allylic oxidation sites excluding steroid dienone is 6. The van der Waals surface area contributed by atoms with Gasteiger partial charge < -0.3 is 54.2 Å². The number of halogens is 3. The minimum absolute atomic E-state index is 0.0143. The lowest BCUT2D eigenvalue weighted by molar-refractivity contribution is -0.265. The van der Waals surface area contributed by atoms with E-state index in [1.165, 1.54) is 18.7 Å². The molecule has 1 aromatic rings. The molecule has 1 aliphatic carbocycles. The van der Waals surface area contributed by atoms with E-state index in [4.69, 9.17) is 28.4 Å². The van der Waals surface area contributed by atoms with Crippen molar-refractivity contribution in [2.75, 3.05) is 38.0 Å². The maximum Gasteiger partial charge on any atom is 0.340 e. The van der Waals surface area contributed by atoms with Crippen LogP contribution in [-0.4, -0.2) is 144 Å². The predicted molar refractivity (Wildman–Crippen MR) is 369 cm³/mol. The molecule has 3 heterocycles. The Kier molecular flexibility index (Phi) is 31.4. The lowest BCUT2D eigenvalue weighted by Gasteiger charge is -2.42. The molecule has 91 heavy (non-hydrogen) atoms. The van der Waals surface area contributed by atoms with Crippen molar-refractivity contribution in [3.8, 4) is 0 Å². The van der Waals surface area contributed by atoms with E-state index in [1.54, 1.807) is 48.0 Å². The van der Waals surface area contributed by atoms with Crippen LogP contribution in [0.15, 0.2) is 47.6 Å². The van der Waals surface area contributed by atoms with Crippen molar-refractivity contribution < 1.29 is 81.8 Å². The maximum absolute atomic E-state index is 14.7. The van der Waals surface area contributed by atoms with Crippen LogP contribution in [0.5, 0.6) is 0 Å². The number of methoxy groups -OCH3 is 2. The third kappa shape index (κ3) is 21.8. The van der Waals surface area contributed by atoms with Crippen LogP contribution in [-0.2, 0) is 66.8 Å². The number of esters is 3. The van der Waals surface area contributed by atoms with E-state index in [0.29, 0.717) is 111 Å². The maximum atomic E-state index is 14.7. The average molecular weight is 1610 g/mol. The Hall–Kier alpha value is -4.00. The van der Waals surface area contributed by atoms with Gasteiger partial charge >= 0.3 is 17.9 Å². The number of anilines is 2. The highest BCUT2D eigenvalue weighted by Crippen LogP contribution is 2.41. The number of unbranched alkanes of at least 4 members (excludes halogenated alkanes) is 2. The first-order chi connectivity index (χ1) is 42.9. The van der Waals surface area contributed by atoms with Gasteiger partial charge in [-0.3, -0.25) is 33.6 Å². The van der Waals surface area contributed by atoms with Gasteiger partial charge in [0.05, 0.1) is 58.7 Å². The van der Waals surface area contributed by atoms with Crippen molar-refractivity contribution in [2.45, 2.75) is 220 Å². The number of nitrogens with zero attached hydrogens (tertiary/aromatic N) is 1. The molecule has 3 amide bonds. The summed E-state index contributed by atoms with van der Waals surface area (Å²) in [5.74, 6) is -10.6. The van der Waals surface area contributed by atoms with Crippen LogP contribution < -0.4 is 10.6 Å². The highest BCUT2D eigenvalue weighted by molar-refractivity contribution is 14.1. The summed E-state index contributed by atoms with van der Waals surface area (Å²) in [7, 11) is 3.13. The lowest BCUT2D eigenvalue weighted by Crippen LogP contribution is -2.61. The SMILES string of the molecule is CO[C@H]1C[C@@H]2CC[C@@H](C)[C@@](O)(O2)C(=O)C(=O)N2CCCC[C@H]2C(=O)O[C@H]([C@@H](C)C[C@@H]2CC[C@@H](OC(=O)CCCCCOC(=O)c3c(I)c(NC(C)=O)c(I)c(NC(C)=O)c3I)[C@H](OC)C2)CC(=O)[C@H](C)/C=C(\C)[C@@H](O)[C@@H](C)C(=O)[C@H](C)C[C@H](C)/C=C/C=CC=C1C. The summed E-state index contributed by atoms with van der Waals surface area (Å²) in [6.07, 6.45) is 13.4. The molecule has 0 unspecified atom stereocenters. The number of hydrogen-bond donors (Lipinski definition) is 4. The van der Waals surface area contributed by atoms with Gasteiger partial charge in [0.2, 0.25) is 17.6 Å². The molecular weight excluding hydrogens is 1510 g/mol. The third-order valence-corrected chi connectivity index (χ3v) is 21.5. The van der Waals surface area contributed by atoms with Gasteiger partial charge in [0.15, 0.2) is 0 Å². The summed E-state index contributed by atoms with van der Waals surface area (Å²) in [4.78, 5) is 124. The number of ketones is 3. The number of aliphatic hydroxyl groups excluding tert-OH is 1. The van der Waals surface area contributed by atoms with Gasteiger partial charge in [0, 0.05) is 77.5 Å². The molecule has 3 aliphatic heterocycles. The van der Waals surface area contributed by atoms with Crippen molar-refractivity contribution in [3.63, 3.8) is 0 Å². The number of hydrogen-bond acceptors (Lipinski definition) is 17. The summed E-state index contributed by atoms with van der Waals surface area (Å²) in [5, 5.41) is 29.1. The number of benzene rings is 1. The van der Waals surface area contributed by atoms with Gasteiger partial charge in [-0.05, 0) is 194 Å². The molecule has 2 saturated heterocycles. The molecule has 2 bridgehead atoms. The Bertz CT molecular complexity index is 2870. The molecule has 0 spiro atoms. The first kappa shape index (κ1) is 77.7. The molecular formula is C68H96I3N3O17. The number of ether oxygens (including phenoxy) is 6. The van der Waals surface area contributed by atoms with Crippen molar-refractivity contribution in [1.82, 2.24) is 4.90 Å². The number of fused-ring (bicyclic) bond motifs is 3. The minimum Gasteiger partial charge on any atom is -0.462 e. The minimum atomic E-state index is -2.48. The Morgan fingerprint density at radius 3 is 2.10 bits per heavy atom. The molecule has 0 radical (unpaired) electrons. The summed E-state index contributed by atoms with van der Waals surface area (Å²) in [6.45, 7) is 17.2. The van der Waals surface area contributed by atoms with E-state index >= 15 is 0 Å². The zero-order chi connectivity index (χ0) is 67.6. The number of rotatable bonds is 15. The van der Waals surface area contributed by atoms with Crippen LogP contribution in [0.25, 0.3) is 0 Å². The second kappa shape index (κ2) is 36.8. The van der Waals surface area contributed by atoms with E-state index in [9.17, 15) is 53.4 Å². The second-order valence-electron chi connectivity index (χ2n) is 25.6. The van der Waals surface area contributed by atoms with E-state index in [-0.39, 0.29) is 79.1 Å². The normalized spacial score (nSPS) is 31.0. The molecule has 3 fully saturated rings. The Morgan fingerprint density at radius 2 is 1.46 bits per heavy atom. The molecule has 4 N–H and O–H groups in total. The summed E-state index contributed by atoms with van der Waals surface area (Å²) < 4.78 is 37.5. The van der Waals surface area contributed by atoms with Crippen molar-refractivity contribution in [1.29, 1.82) is 0 Å².